The molecule has 2 rings (SSSR count). The number of hydrogen-bond donors (Lipinski definition) is 3. The molecular weight excluding hydrogens is 314 g/mol. The Hall–Kier alpha value is -0.850. The minimum absolute atomic E-state index is 0.106. The molecule has 0 aromatic heterocycles. The van der Waals surface area contributed by atoms with E-state index in [1.807, 2.05) is 0 Å². The molecule has 0 radical (unpaired) electrons. The van der Waals surface area contributed by atoms with E-state index in [9.17, 15) is 5.11 Å². The molecule has 0 aromatic carbocycles. The van der Waals surface area contributed by atoms with Crippen molar-refractivity contribution in [2.75, 3.05) is 52.4 Å². The smallest absolute Gasteiger partial charge is 0.191 e. The van der Waals surface area contributed by atoms with Gasteiger partial charge in [-0.25, -0.2) is 0 Å². The predicted octanol–water partition coefficient (Wildman–Crippen LogP) is 1.12. The highest BCUT2D eigenvalue weighted by molar-refractivity contribution is 5.80. The predicted molar refractivity (Wildman–Crippen MR) is 105 cm³/mol. The molecule has 0 aromatic rings. The largest absolute Gasteiger partial charge is 0.393 e. The van der Waals surface area contributed by atoms with Crippen LogP contribution in [0.5, 0.6) is 0 Å². The van der Waals surface area contributed by atoms with Gasteiger partial charge in [0.2, 0.25) is 0 Å². The van der Waals surface area contributed by atoms with Crippen LogP contribution in [0, 0.1) is 5.92 Å². The summed E-state index contributed by atoms with van der Waals surface area (Å²) in [7, 11) is 0. The van der Waals surface area contributed by atoms with Gasteiger partial charge in [0.05, 0.1) is 6.10 Å². The van der Waals surface area contributed by atoms with E-state index in [1.54, 1.807) is 0 Å². The van der Waals surface area contributed by atoms with Crippen LogP contribution in [0.1, 0.15) is 46.5 Å². The molecule has 6 nitrogen and oxygen atoms in total. The maximum atomic E-state index is 9.65. The van der Waals surface area contributed by atoms with Crippen molar-refractivity contribution in [3.8, 4) is 0 Å². The van der Waals surface area contributed by atoms with Gasteiger partial charge in [0.25, 0.3) is 0 Å². The van der Waals surface area contributed by atoms with Crippen molar-refractivity contribution in [2.24, 2.45) is 10.9 Å². The molecule has 1 saturated heterocycles. The molecule has 2 aliphatic rings. The molecule has 1 saturated carbocycles. The average Bonchev–Trinajstić information content (AvgIpc) is 2.62. The summed E-state index contributed by atoms with van der Waals surface area (Å²) in [4.78, 5) is 9.92. The van der Waals surface area contributed by atoms with Crippen LogP contribution in [0.3, 0.4) is 0 Å². The minimum Gasteiger partial charge on any atom is -0.393 e. The number of nitrogens with one attached hydrogen (secondary N) is 2. The fourth-order valence-electron chi connectivity index (χ4n) is 3.77. The summed E-state index contributed by atoms with van der Waals surface area (Å²) < 4.78 is 0. The van der Waals surface area contributed by atoms with E-state index in [2.05, 4.69) is 41.2 Å². The van der Waals surface area contributed by atoms with Crippen molar-refractivity contribution >= 4 is 5.96 Å². The fraction of sp³-hybridized carbons (Fsp3) is 0.947. The van der Waals surface area contributed by atoms with E-state index in [4.69, 9.17) is 4.99 Å². The Bertz CT molecular complexity index is 387. The van der Waals surface area contributed by atoms with Gasteiger partial charge >= 0.3 is 0 Å². The Kier molecular flexibility index (Phi) is 8.99. The van der Waals surface area contributed by atoms with Gasteiger partial charge in [-0.05, 0) is 45.1 Å². The lowest BCUT2D eigenvalue weighted by atomic mass is 9.93. The maximum Gasteiger partial charge on any atom is 0.191 e. The lowest BCUT2D eigenvalue weighted by molar-refractivity contribution is 0.120. The Morgan fingerprint density at radius 1 is 1.08 bits per heavy atom. The highest BCUT2D eigenvalue weighted by atomic mass is 16.3. The summed E-state index contributed by atoms with van der Waals surface area (Å²) in [6, 6.07) is 0.443. The number of likely N-dealkylation sites (N-methyl/N-ethyl adjacent to an activating group) is 1. The van der Waals surface area contributed by atoms with Gasteiger partial charge in [-0.15, -0.1) is 0 Å². The summed E-state index contributed by atoms with van der Waals surface area (Å²) >= 11 is 0. The van der Waals surface area contributed by atoms with E-state index in [-0.39, 0.29) is 6.10 Å². The summed E-state index contributed by atoms with van der Waals surface area (Å²) in [5.41, 5.74) is 0. The molecule has 1 aliphatic carbocycles. The Morgan fingerprint density at radius 3 is 2.32 bits per heavy atom. The van der Waals surface area contributed by atoms with Crippen molar-refractivity contribution in [3.05, 3.63) is 0 Å². The third kappa shape index (κ3) is 7.50. The number of hydrogen-bond acceptors (Lipinski definition) is 4. The minimum atomic E-state index is -0.106. The first-order valence-electron chi connectivity index (χ1n) is 10.3. The number of nitrogens with zero attached hydrogens (tertiary/aromatic N) is 3. The molecule has 1 aliphatic heterocycles. The van der Waals surface area contributed by atoms with Gasteiger partial charge in [-0.1, -0.05) is 13.8 Å². The molecule has 0 amide bonds. The second-order valence-corrected chi connectivity index (χ2v) is 7.71. The number of piperazine rings is 1. The summed E-state index contributed by atoms with van der Waals surface area (Å²) in [5, 5.41) is 16.6. The first-order chi connectivity index (χ1) is 12.1. The van der Waals surface area contributed by atoms with Gasteiger partial charge < -0.3 is 25.5 Å². The van der Waals surface area contributed by atoms with Crippen LogP contribution in [-0.4, -0.2) is 85.4 Å². The van der Waals surface area contributed by atoms with Crippen LogP contribution >= 0.6 is 0 Å². The van der Waals surface area contributed by atoms with E-state index in [1.165, 1.54) is 32.7 Å². The molecule has 0 spiro atoms. The number of guanidine groups is 1. The van der Waals surface area contributed by atoms with E-state index < -0.39 is 0 Å². The van der Waals surface area contributed by atoms with Gasteiger partial charge in [-0.3, -0.25) is 4.99 Å². The first-order valence-corrected chi connectivity index (χ1v) is 10.3. The third-order valence-corrected chi connectivity index (χ3v) is 5.42. The topological polar surface area (TPSA) is 63.1 Å². The number of aliphatic hydroxyl groups excluding tert-OH is 1. The molecule has 6 heteroatoms. The molecule has 1 heterocycles. The molecule has 0 bridgehead atoms. The van der Waals surface area contributed by atoms with Crippen molar-refractivity contribution in [2.45, 2.75) is 58.6 Å². The zero-order chi connectivity index (χ0) is 18.1. The van der Waals surface area contributed by atoms with Crippen LogP contribution in [0.4, 0.5) is 0 Å². The first kappa shape index (κ1) is 20.5. The summed E-state index contributed by atoms with van der Waals surface area (Å²) in [6.45, 7) is 15.5. The molecule has 1 atom stereocenters. The van der Waals surface area contributed by atoms with Crippen LogP contribution in [-0.2, 0) is 0 Å². The number of aliphatic imine (C=N–C) groups is 1. The van der Waals surface area contributed by atoms with Crippen LogP contribution < -0.4 is 10.6 Å². The van der Waals surface area contributed by atoms with Crippen molar-refractivity contribution in [1.29, 1.82) is 0 Å². The van der Waals surface area contributed by atoms with Crippen LogP contribution in [0.25, 0.3) is 0 Å². The molecule has 2 fully saturated rings. The SMILES string of the molecule is CCNC(=NCC(C)CN1CCN(CC)CC1)NC1CCC(O)CC1. The van der Waals surface area contributed by atoms with Crippen molar-refractivity contribution in [1.82, 2.24) is 20.4 Å². The fourth-order valence-corrected chi connectivity index (χ4v) is 3.77. The Labute approximate surface area is 154 Å². The van der Waals surface area contributed by atoms with E-state index in [0.717, 1.165) is 51.3 Å². The highest BCUT2D eigenvalue weighted by Crippen LogP contribution is 2.18. The second-order valence-electron chi connectivity index (χ2n) is 7.71. The summed E-state index contributed by atoms with van der Waals surface area (Å²) in [5.74, 6) is 1.50. The van der Waals surface area contributed by atoms with Gasteiger partial charge in [0.15, 0.2) is 5.96 Å². The third-order valence-electron chi connectivity index (χ3n) is 5.42. The lowest BCUT2D eigenvalue weighted by Gasteiger charge is -2.35. The standard InChI is InChI=1S/C19H39N5O/c1-4-20-19(22-17-6-8-18(25)9-7-17)21-14-16(3)15-24-12-10-23(5-2)11-13-24/h16-18,25H,4-15H2,1-3H3,(H2,20,21,22). The molecule has 25 heavy (non-hydrogen) atoms. The van der Waals surface area contributed by atoms with E-state index >= 15 is 0 Å². The number of rotatable bonds is 7. The molecular formula is C19H39N5O. The van der Waals surface area contributed by atoms with Crippen molar-refractivity contribution < 1.29 is 5.11 Å². The quantitative estimate of drug-likeness (QED) is 0.473. The van der Waals surface area contributed by atoms with Gasteiger partial charge in [-0.2, -0.15) is 0 Å². The average molecular weight is 354 g/mol. The molecule has 146 valence electrons. The number of aliphatic hydroxyl groups is 1. The molecule has 3 N–H and O–H groups in total. The normalized spacial score (nSPS) is 27.9. The highest BCUT2D eigenvalue weighted by Gasteiger charge is 2.20. The van der Waals surface area contributed by atoms with Gasteiger partial charge in [0, 0.05) is 51.9 Å². The van der Waals surface area contributed by atoms with E-state index in [0.29, 0.717) is 12.0 Å². The molecule has 1 unspecified atom stereocenters. The van der Waals surface area contributed by atoms with Crippen molar-refractivity contribution in [3.63, 3.8) is 0 Å². The monoisotopic (exact) mass is 353 g/mol. The zero-order valence-electron chi connectivity index (χ0n) is 16.5. The lowest BCUT2D eigenvalue weighted by Crippen LogP contribution is -2.48. The second kappa shape index (κ2) is 11.0. The Balaban J connectivity index is 1.73. The van der Waals surface area contributed by atoms with Crippen LogP contribution in [0.15, 0.2) is 4.99 Å². The van der Waals surface area contributed by atoms with Gasteiger partial charge in [0.1, 0.15) is 0 Å². The maximum absolute atomic E-state index is 9.65. The van der Waals surface area contributed by atoms with Crippen LogP contribution in [0.2, 0.25) is 0 Å². The zero-order valence-corrected chi connectivity index (χ0v) is 16.5. The summed E-state index contributed by atoms with van der Waals surface area (Å²) in [6.07, 6.45) is 3.76. The Morgan fingerprint density at radius 2 is 1.72 bits per heavy atom.